The number of aliphatic carboxylic acids is 1. The van der Waals surface area contributed by atoms with E-state index in [4.69, 9.17) is 18.9 Å². The number of carbonyl (C=O) groups is 3. The van der Waals surface area contributed by atoms with Crippen molar-refractivity contribution in [2.45, 2.75) is 418 Å². The van der Waals surface area contributed by atoms with E-state index in [9.17, 15) is 19.5 Å². The molecule has 0 saturated carbocycles. The van der Waals surface area contributed by atoms with Gasteiger partial charge in [-0.1, -0.05) is 390 Å². The second-order valence-corrected chi connectivity index (χ2v) is 28.7. The summed E-state index contributed by atoms with van der Waals surface area (Å²) in [6.07, 6.45) is 94.2. The Hall–Kier alpha value is -2.75. The molecule has 92 heavy (non-hydrogen) atoms. The first-order valence-electron chi connectivity index (χ1n) is 40.3. The molecule has 2 unspecified atom stereocenters. The second kappa shape index (κ2) is 74.0. The first-order chi connectivity index (χ1) is 45.1. The van der Waals surface area contributed by atoms with Gasteiger partial charge in [-0.25, -0.2) is 4.79 Å². The Morgan fingerprint density at radius 1 is 0.337 bits per heavy atom. The average molecular weight is 1300 g/mol. The van der Waals surface area contributed by atoms with Gasteiger partial charge in [-0.3, -0.25) is 9.59 Å². The van der Waals surface area contributed by atoms with Crippen molar-refractivity contribution in [3.63, 3.8) is 0 Å². The molecule has 0 amide bonds. The Morgan fingerprint density at radius 2 is 0.620 bits per heavy atom. The summed E-state index contributed by atoms with van der Waals surface area (Å²) < 4.78 is 23.1. The van der Waals surface area contributed by atoms with Crippen molar-refractivity contribution in [1.82, 2.24) is 0 Å². The van der Waals surface area contributed by atoms with Gasteiger partial charge >= 0.3 is 17.9 Å². The summed E-state index contributed by atoms with van der Waals surface area (Å²) in [5.41, 5.74) is 0. The molecule has 1 N–H and O–H groups in total. The molecule has 0 aliphatic rings. The first kappa shape index (κ1) is 89.2. The third-order valence-electron chi connectivity index (χ3n) is 18.3. The maximum absolute atomic E-state index is 13.0. The van der Waals surface area contributed by atoms with E-state index in [0.29, 0.717) is 17.4 Å². The van der Waals surface area contributed by atoms with Crippen LogP contribution in [0.15, 0.2) is 48.6 Å². The summed E-state index contributed by atoms with van der Waals surface area (Å²) in [7, 11) is 6.00. The lowest BCUT2D eigenvalue weighted by Crippen LogP contribution is -2.40. The van der Waals surface area contributed by atoms with E-state index in [2.05, 4.69) is 62.5 Å². The quantitative estimate of drug-likeness (QED) is 0.0211. The molecule has 0 radical (unpaired) electrons. The zero-order chi connectivity index (χ0) is 66.8. The minimum absolute atomic E-state index is 0.175. The summed E-state index contributed by atoms with van der Waals surface area (Å²) in [6, 6.07) is 0. The van der Waals surface area contributed by atoms with Crippen LogP contribution in [0.2, 0.25) is 0 Å². The van der Waals surface area contributed by atoms with Crippen LogP contribution in [0.25, 0.3) is 0 Å². The zero-order valence-corrected chi connectivity index (χ0v) is 62.0. The molecule has 0 bridgehead atoms. The first-order valence-corrected chi connectivity index (χ1v) is 40.3. The van der Waals surface area contributed by atoms with Crippen molar-refractivity contribution in [1.29, 1.82) is 0 Å². The molecule has 0 saturated heterocycles. The van der Waals surface area contributed by atoms with Gasteiger partial charge in [0.25, 0.3) is 6.29 Å². The van der Waals surface area contributed by atoms with Crippen molar-refractivity contribution >= 4 is 17.9 Å². The summed E-state index contributed by atoms with van der Waals surface area (Å²) in [6.45, 7) is 4.85. The summed E-state index contributed by atoms with van der Waals surface area (Å²) in [5, 5.41) is 9.77. The molecular weight excluding hydrogens is 1140 g/mol. The number of hydrogen-bond acceptors (Lipinski definition) is 7. The van der Waals surface area contributed by atoms with E-state index >= 15 is 0 Å². The normalized spacial score (nSPS) is 12.8. The molecular formula is C83H156NO8+. The van der Waals surface area contributed by atoms with E-state index in [0.717, 1.165) is 64.2 Å². The van der Waals surface area contributed by atoms with Crippen molar-refractivity contribution in [3.05, 3.63) is 48.6 Å². The predicted molar refractivity (Wildman–Crippen MR) is 397 cm³/mol. The Labute approximate surface area is 572 Å². The molecule has 9 heteroatoms. The average Bonchev–Trinajstić information content (AvgIpc) is 3.75. The molecule has 540 valence electrons. The predicted octanol–water partition coefficient (Wildman–Crippen LogP) is 25.7. The van der Waals surface area contributed by atoms with Crippen LogP contribution in [0, 0.1) is 0 Å². The molecule has 0 heterocycles. The highest BCUT2D eigenvalue weighted by Gasteiger charge is 2.25. The number of likely N-dealkylation sites (N-methyl/N-ethyl adjacent to an activating group) is 1. The van der Waals surface area contributed by atoms with Gasteiger partial charge < -0.3 is 28.5 Å². The fraction of sp³-hybridized carbons (Fsp3) is 0.867. The van der Waals surface area contributed by atoms with Crippen LogP contribution in [-0.2, 0) is 33.3 Å². The van der Waals surface area contributed by atoms with Crippen LogP contribution >= 0.6 is 0 Å². The van der Waals surface area contributed by atoms with Crippen molar-refractivity contribution in [2.24, 2.45) is 0 Å². The zero-order valence-electron chi connectivity index (χ0n) is 62.0. The van der Waals surface area contributed by atoms with Crippen LogP contribution in [0.3, 0.4) is 0 Å². The number of esters is 2. The largest absolute Gasteiger partial charge is 0.477 e. The number of hydrogen-bond donors (Lipinski definition) is 1. The van der Waals surface area contributed by atoms with Crippen molar-refractivity contribution in [2.75, 3.05) is 47.5 Å². The highest BCUT2D eigenvalue weighted by Crippen LogP contribution is 2.20. The monoisotopic (exact) mass is 1300 g/mol. The molecule has 0 fully saturated rings. The highest BCUT2D eigenvalue weighted by atomic mass is 16.7. The van der Waals surface area contributed by atoms with Crippen molar-refractivity contribution < 1.29 is 42.9 Å². The van der Waals surface area contributed by atoms with Gasteiger partial charge in [0.05, 0.1) is 34.4 Å². The molecule has 0 aromatic rings. The molecule has 9 nitrogen and oxygen atoms in total. The van der Waals surface area contributed by atoms with Gasteiger partial charge in [0, 0.05) is 12.8 Å². The third-order valence-corrected chi connectivity index (χ3v) is 18.3. The van der Waals surface area contributed by atoms with Gasteiger partial charge in [-0.15, -0.1) is 0 Å². The van der Waals surface area contributed by atoms with E-state index < -0.39 is 18.4 Å². The Kier molecular flexibility index (Phi) is 71.8. The van der Waals surface area contributed by atoms with E-state index in [-0.39, 0.29) is 38.2 Å². The van der Waals surface area contributed by atoms with Gasteiger partial charge in [0.1, 0.15) is 13.2 Å². The van der Waals surface area contributed by atoms with Crippen LogP contribution in [0.5, 0.6) is 0 Å². The Bertz CT molecular complexity index is 1650. The van der Waals surface area contributed by atoms with Crippen LogP contribution in [0.4, 0.5) is 0 Å². The number of carboxylic acid groups (broad SMARTS) is 1. The maximum Gasteiger partial charge on any atom is 0.361 e. The standard InChI is InChI=1S/C83H155NO8/c1-6-8-10-12-14-16-18-20-22-24-26-28-30-32-34-36-38-39-40-41-42-43-44-46-48-50-52-54-56-58-60-62-64-66-68-70-72-74-81(86)92-79(78-91-83(82(87)88)89-76-75-84(3,4)5)77-90-80(85)73-71-69-67-65-63-61-59-57-55-53-51-49-47-45-37-35-33-31-29-27-25-23-21-19-17-15-13-11-9-7-2/h8,10,14,16,20,22,26,28,79,83H,6-7,9,11-13,15,17-19,21,23-25,27,29-78H2,1-5H3/p+1/b10-8-,16-14-,22-20-,28-26-. The number of unbranched alkanes of at least 4 members (excludes halogenated alkanes) is 53. The number of carboxylic acids is 1. The second-order valence-electron chi connectivity index (χ2n) is 28.7. The van der Waals surface area contributed by atoms with Gasteiger partial charge in [-0.05, 0) is 51.4 Å². The fourth-order valence-corrected chi connectivity index (χ4v) is 12.2. The van der Waals surface area contributed by atoms with Gasteiger partial charge in [0.15, 0.2) is 6.10 Å². The number of allylic oxidation sites excluding steroid dienone is 8. The lowest BCUT2D eigenvalue weighted by molar-refractivity contribution is -0.870. The highest BCUT2D eigenvalue weighted by molar-refractivity contribution is 5.71. The molecule has 0 spiro atoms. The third kappa shape index (κ3) is 74.6. The minimum atomic E-state index is -1.51. The molecule has 2 atom stereocenters. The Balaban J connectivity index is 3.96. The van der Waals surface area contributed by atoms with E-state index in [1.807, 2.05) is 21.1 Å². The van der Waals surface area contributed by atoms with Crippen molar-refractivity contribution in [3.8, 4) is 0 Å². The smallest absolute Gasteiger partial charge is 0.361 e. The van der Waals surface area contributed by atoms with Gasteiger partial charge in [0.2, 0.25) is 0 Å². The number of carbonyl (C=O) groups excluding carboxylic acids is 2. The number of ether oxygens (including phenoxy) is 4. The fourth-order valence-electron chi connectivity index (χ4n) is 12.2. The Morgan fingerprint density at radius 3 is 0.924 bits per heavy atom. The molecule has 0 aliphatic heterocycles. The van der Waals surface area contributed by atoms with Gasteiger partial charge in [-0.2, -0.15) is 0 Å². The number of rotatable bonds is 76. The number of nitrogens with zero attached hydrogens (tertiary/aromatic N) is 1. The molecule has 0 rings (SSSR count). The summed E-state index contributed by atoms with van der Waals surface area (Å²) in [4.78, 5) is 37.7. The lowest BCUT2D eigenvalue weighted by atomic mass is 10.0. The van der Waals surface area contributed by atoms with Crippen LogP contribution in [0.1, 0.15) is 406 Å². The number of quaternary nitrogens is 1. The van der Waals surface area contributed by atoms with Crippen LogP contribution in [-0.4, -0.2) is 87.4 Å². The van der Waals surface area contributed by atoms with Crippen LogP contribution < -0.4 is 0 Å². The van der Waals surface area contributed by atoms with E-state index in [1.54, 1.807) is 0 Å². The molecule has 0 aromatic heterocycles. The SMILES string of the molecule is CC/C=C\C/C=C\C/C=C\C/C=C\CCCCCCCCCCCCCCCCCCCCCCCCCCC(=O)OC(COC(=O)CCCCCCCCCCCCCCCCCCCCCCCCCCCCCCCC)COC(OCC[N+](C)(C)C)C(=O)O. The lowest BCUT2D eigenvalue weighted by Gasteiger charge is -2.25. The maximum atomic E-state index is 13.0. The topological polar surface area (TPSA) is 108 Å². The molecule has 0 aliphatic carbocycles. The summed E-state index contributed by atoms with van der Waals surface area (Å²) >= 11 is 0. The molecule has 0 aromatic carbocycles. The van der Waals surface area contributed by atoms with E-state index in [1.165, 1.54) is 315 Å². The minimum Gasteiger partial charge on any atom is -0.477 e. The summed E-state index contributed by atoms with van der Waals surface area (Å²) in [5.74, 6) is -1.97.